The van der Waals surface area contributed by atoms with E-state index in [4.69, 9.17) is 0 Å². The van der Waals surface area contributed by atoms with Crippen LogP contribution >= 0.6 is 15.9 Å². The molecule has 0 aliphatic carbocycles. The molecule has 2 aromatic heterocycles. The number of carbonyl (C=O) groups excluding carboxylic acids is 1. The molecule has 0 unspecified atom stereocenters. The molecule has 3 aromatic rings. The van der Waals surface area contributed by atoms with Gasteiger partial charge in [0.15, 0.2) is 11.6 Å². The standard InChI is InChI=1S/C20H19BrN6O/c21-17-4-2-1-3-16(17)20(28)27-13-11-26(12-14-27)19-6-5-18(24-25-19)23-15-7-9-22-10-8-15/h1-10H,11-14H2,(H,22,23,24). The van der Waals surface area contributed by atoms with Crippen molar-refractivity contribution in [2.24, 2.45) is 0 Å². The number of halogens is 1. The Morgan fingerprint density at radius 3 is 2.36 bits per heavy atom. The van der Waals surface area contributed by atoms with Crippen LogP contribution in [0.1, 0.15) is 10.4 Å². The Hall–Kier alpha value is -3.00. The van der Waals surface area contributed by atoms with Crippen LogP contribution in [0, 0.1) is 0 Å². The molecule has 0 radical (unpaired) electrons. The number of anilines is 3. The van der Waals surface area contributed by atoms with E-state index in [-0.39, 0.29) is 5.91 Å². The number of benzene rings is 1. The van der Waals surface area contributed by atoms with Gasteiger partial charge in [0, 0.05) is 48.7 Å². The van der Waals surface area contributed by atoms with Gasteiger partial charge in [0.2, 0.25) is 0 Å². The smallest absolute Gasteiger partial charge is 0.255 e. The van der Waals surface area contributed by atoms with Gasteiger partial charge in [0.1, 0.15) is 0 Å². The lowest BCUT2D eigenvalue weighted by atomic mass is 10.2. The molecule has 0 atom stereocenters. The Kier molecular flexibility index (Phi) is 5.48. The zero-order valence-corrected chi connectivity index (χ0v) is 16.7. The first-order chi connectivity index (χ1) is 13.7. The van der Waals surface area contributed by atoms with E-state index in [1.54, 1.807) is 12.4 Å². The third-order valence-electron chi connectivity index (χ3n) is 4.60. The monoisotopic (exact) mass is 438 g/mol. The van der Waals surface area contributed by atoms with E-state index in [1.807, 2.05) is 53.4 Å². The number of pyridine rings is 1. The molecule has 28 heavy (non-hydrogen) atoms. The van der Waals surface area contributed by atoms with Gasteiger partial charge in [-0.2, -0.15) is 0 Å². The van der Waals surface area contributed by atoms with Crippen molar-refractivity contribution < 1.29 is 4.79 Å². The van der Waals surface area contributed by atoms with Crippen molar-refractivity contribution in [1.29, 1.82) is 0 Å². The van der Waals surface area contributed by atoms with E-state index in [9.17, 15) is 4.79 Å². The fourth-order valence-electron chi connectivity index (χ4n) is 3.09. The van der Waals surface area contributed by atoms with E-state index in [0.717, 1.165) is 29.1 Å². The van der Waals surface area contributed by atoms with E-state index in [2.05, 4.69) is 41.3 Å². The molecule has 1 fully saturated rings. The molecule has 1 N–H and O–H groups in total. The van der Waals surface area contributed by atoms with Gasteiger partial charge in [0.25, 0.3) is 5.91 Å². The van der Waals surface area contributed by atoms with Crippen molar-refractivity contribution in [2.45, 2.75) is 0 Å². The fourth-order valence-corrected chi connectivity index (χ4v) is 3.54. The number of amides is 1. The molecule has 0 spiro atoms. The SMILES string of the molecule is O=C(c1ccccc1Br)N1CCN(c2ccc(Nc3ccncc3)nn2)CC1. The summed E-state index contributed by atoms with van der Waals surface area (Å²) in [5.74, 6) is 1.54. The molecule has 0 saturated carbocycles. The topological polar surface area (TPSA) is 74.2 Å². The summed E-state index contributed by atoms with van der Waals surface area (Å²) in [6.07, 6.45) is 3.44. The van der Waals surface area contributed by atoms with Gasteiger partial charge in [-0.05, 0) is 52.3 Å². The Balaban J connectivity index is 1.36. The summed E-state index contributed by atoms with van der Waals surface area (Å²) in [7, 11) is 0. The van der Waals surface area contributed by atoms with Crippen molar-refractivity contribution in [3.05, 3.63) is 71.0 Å². The van der Waals surface area contributed by atoms with Crippen LogP contribution in [0.25, 0.3) is 0 Å². The molecule has 8 heteroatoms. The number of carbonyl (C=O) groups is 1. The second kappa shape index (κ2) is 8.35. The molecule has 4 rings (SSSR count). The minimum absolute atomic E-state index is 0.0510. The quantitative estimate of drug-likeness (QED) is 0.673. The number of nitrogens with one attached hydrogen (secondary N) is 1. The zero-order valence-electron chi connectivity index (χ0n) is 15.1. The molecule has 142 valence electrons. The number of hydrogen-bond acceptors (Lipinski definition) is 6. The summed E-state index contributed by atoms with van der Waals surface area (Å²) in [5, 5.41) is 11.8. The van der Waals surface area contributed by atoms with Crippen LogP contribution in [0.3, 0.4) is 0 Å². The molecule has 0 bridgehead atoms. The maximum atomic E-state index is 12.7. The Morgan fingerprint density at radius 2 is 1.68 bits per heavy atom. The Morgan fingerprint density at radius 1 is 0.929 bits per heavy atom. The Labute approximate surface area is 171 Å². The lowest BCUT2D eigenvalue weighted by Gasteiger charge is -2.35. The first kappa shape index (κ1) is 18.4. The average Bonchev–Trinajstić information content (AvgIpc) is 2.75. The number of aromatic nitrogens is 3. The van der Waals surface area contributed by atoms with Crippen LogP contribution < -0.4 is 10.2 Å². The molecular weight excluding hydrogens is 420 g/mol. The summed E-state index contributed by atoms with van der Waals surface area (Å²) in [4.78, 5) is 20.7. The van der Waals surface area contributed by atoms with E-state index in [0.29, 0.717) is 24.5 Å². The molecule has 1 aromatic carbocycles. The van der Waals surface area contributed by atoms with Gasteiger partial charge in [-0.25, -0.2) is 0 Å². The van der Waals surface area contributed by atoms with Crippen LogP contribution in [0.5, 0.6) is 0 Å². The maximum Gasteiger partial charge on any atom is 0.255 e. The molecule has 3 heterocycles. The lowest BCUT2D eigenvalue weighted by Crippen LogP contribution is -2.49. The first-order valence-electron chi connectivity index (χ1n) is 9.00. The summed E-state index contributed by atoms with van der Waals surface area (Å²) in [6.45, 7) is 2.75. The highest BCUT2D eigenvalue weighted by atomic mass is 79.9. The average molecular weight is 439 g/mol. The predicted octanol–water partition coefficient (Wildman–Crippen LogP) is 3.34. The van der Waals surface area contributed by atoms with E-state index >= 15 is 0 Å². The third kappa shape index (κ3) is 4.12. The molecule has 1 amide bonds. The van der Waals surface area contributed by atoms with Gasteiger partial charge in [-0.1, -0.05) is 12.1 Å². The van der Waals surface area contributed by atoms with Crippen LogP contribution in [-0.2, 0) is 0 Å². The van der Waals surface area contributed by atoms with Crippen LogP contribution in [0.15, 0.2) is 65.4 Å². The van der Waals surface area contributed by atoms with Crippen molar-refractivity contribution in [3.63, 3.8) is 0 Å². The molecule has 1 aliphatic rings. The van der Waals surface area contributed by atoms with Gasteiger partial charge >= 0.3 is 0 Å². The summed E-state index contributed by atoms with van der Waals surface area (Å²) >= 11 is 3.46. The van der Waals surface area contributed by atoms with Gasteiger partial charge in [-0.3, -0.25) is 9.78 Å². The minimum atomic E-state index is 0.0510. The summed E-state index contributed by atoms with van der Waals surface area (Å²) in [6, 6.07) is 15.1. The van der Waals surface area contributed by atoms with E-state index in [1.165, 1.54) is 0 Å². The van der Waals surface area contributed by atoms with Crippen molar-refractivity contribution in [2.75, 3.05) is 36.4 Å². The number of rotatable bonds is 4. The predicted molar refractivity (Wildman–Crippen MR) is 112 cm³/mol. The van der Waals surface area contributed by atoms with Crippen LogP contribution in [0.4, 0.5) is 17.3 Å². The highest BCUT2D eigenvalue weighted by molar-refractivity contribution is 9.10. The second-order valence-corrected chi connectivity index (χ2v) is 7.25. The lowest BCUT2D eigenvalue weighted by molar-refractivity contribution is 0.0745. The van der Waals surface area contributed by atoms with Crippen molar-refractivity contribution >= 4 is 39.2 Å². The molecule has 1 aliphatic heterocycles. The summed E-state index contributed by atoms with van der Waals surface area (Å²) < 4.78 is 0.825. The molecular formula is C20H19BrN6O. The fraction of sp³-hybridized carbons (Fsp3) is 0.200. The van der Waals surface area contributed by atoms with Gasteiger partial charge in [0.05, 0.1) is 5.56 Å². The van der Waals surface area contributed by atoms with E-state index < -0.39 is 0 Å². The van der Waals surface area contributed by atoms with Crippen LogP contribution in [-0.4, -0.2) is 52.2 Å². The zero-order chi connectivity index (χ0) is 19.3. The van der Waals surface area contributed by atoms with Crippen LogP contribution in [0.2, 0.25) is 0 Å². The minimum Gasteiger partial charge on any atom is -0.352 e. The molecule has 1 saturated heterocycles. The first-order valence-corrected chi connectivity index (χ1v) is 9.79. The number of hydrogen-bond donors (Lipinski definition) is 1. The maximum absolute atomic E-state index is 12.7. The van der Waals surface area contributed by atoms with Gasteiger partial charge < -0.3 is 15.1 Å². The third-order valence-corrected chi connectivity index (χ3v) is 5.29. The highest BCUT2D eigenvalue weighted by Crippen LogP contribution is 2.21. The Bertz CT molecular complexity index is 942. The largest absolute Gasteiger partial charge is 0.352 e. The summed E-state index contributed by atoms with van der Waals surface area (Å²) in [5.41, 5.74) is 1.61. The van der Waals surface area contributed by atoms with Gasteiger partial charge in [-0.15, -0.1) is 10.2 Å². The number of nitrogens with zero attached hydrogens (tertiary/aromatic N) is 5. The second-order valence-electron chi connectivity index (χ2n) is 6.40. The van der Waals surface area contributed by atoms with Crippen molar-refractivity contribution in [1.82, 2.24) is 20.1 Å². The highest BCUT2D eigenvalue weighted by Gasteiger charge is 2.24. The molecule has 7 nitrogen and oxygen atoms in total. The van der Waals surface area contributed by atoms with Crippen molar-refractivity contribution in [3.8, 4) is 0 Å². The normalized spacial score (nSPS) is 14.0. The number of piperazine rings is 1.